The average Bonchev–Trinajstić information content (AvgIpc) is 2.91. The Bertz CT molecular complexity index is 805. The summed E-state index contributed by atoms with van der Waals surface area (Å²) < 4.78 is 30.9. The number of amides is 1. The van der Waals surface area contributed by atoms with E-state index in [-0.39, 0.29) is 35.6 Å². The van der Waals surface area contributed by atoms with Crippen LogP contribution in [0.5, 0.6) is 0 Å². The fourth-order valence-corrected chi connectivity index (χ4v) is 3.94. The highest BCUT2D eigenvalue weighted by Crippen LogP contribution is 2.22. The number of nitrogens with zero attached hydrogens (tertiary/aromatic N) is 1. The number of ether oxygens (including phenoxy) is 1. The zero-order chi connectivity index (χ0) is 19.7. The summed E-state index contributed by atoms with van der Waals surface area (Å²) in [5.41, 5.74) is 0.532. The fraction of sp³-hybridized carbons (Fsp3) is 0.500. The SMILES string of the molecule is COC(=O)CCCCCCNC(=O)CCN=C1NS(=O)(=O)c2ccccc21. The summed E-state index contributed by atoms with van der Waals surface area (Å²) >= 11 is 0. The number of aliphatic imine (C=N–C) groups is 1. The molecule has 1 aromatic carbocycles. The Morgan fingerprint density at radius 2 is 1.85 bits per heavy atom. The Kier molecular flexibility index (Phi) is 7.78. The predicted molar refractivity (Wildman–Crippen MR) is 101 cm³/mol. The molecule has 1 amide bonds. The van der Waals surface area contributed by atoms with Gasteiger partial charge in [0.05, 0.1) is 18.6 Å². The molecule has 148 valence electrons. The molecule has 1 aliphatic rings. The molecule has 0 fully saturated rings. The van der Waals surface area contributed by atoms with Crippen LogP contribution in [-0.4, -0.2) is 46.3 Å². The standard InChI is InChI=1S/C18H25N3O5S/c1-26-17(23)10-4-2-3-7-12-19-16(22)11-13-20-18-14-8-5-6-9-15(14)27(24,25)21-18/h5-6,8-9H,2-4,7,10-13H2,1H3,(H,19,22)(H,20,21). The van der Waals surface area contributed by atoms with Crippen molar-refractivity contribution in [1.82, 2.24) is 10.0 Å². The molecule has 1 aliphatic heterocycles. The molecular formula is C18H25N3O5S. The second-order valence-corrected chi connectivity index (χ2v) is 7.82. The Labute approximate surface area is 159 Å². The highest BCUT2D eigenvalue weighted by molar-refractivity contribution is 7.90. The van der Waals surface area contributed by atoms with E-state index in [0.717, 1.165) is 25.7 Å². The van der Waals surface area contributed by atoms with Gasteiger partial charge in [-0.15, -0.1) is 0 Å². The third-order valence-electron chi connectivity index (χ3n) is 4.13. The van der Waals surface area contributed by atoms with Gasteiger partial charge < -0.3 is 10.1 Å². The van der Waals surface area contributed by atoms with Crippen molar-refractivity contribution < 1.29 is 22.7 Å². The van der Waals surface area contributed by atoms with Crippen LogP contribution < -0.4 is 10.0 Å². The molecule has 0 aromatic heterocycles. The summed E-state index contributed by atoms with van der Waals surface area (Å²) in [4.78, 5) is 27.2. The van der Waals surface area contributed by atoms with Gasteiger partial charge in [-0.05, 0) is 25.0 Å². The smallest absolute Gasteiger partial charge is 0.305 e. The Morgan fingerprint density at radius 3 is 2.63 bits per heavy atom. The minimum Gasteiger partial charge on any atom is -0.469 e. The average molecular weight is 395 g/mol. The van der Waals surface area contributed by atoms with Crippen LogP contribution in [0.25, 0.3) is 0 Å². The zero-order valence-corrected chi connectivity index (χ0v) is 16.2. The van der Waals surface area contributed by atoms with Gasteiger partial charge in [-0.25, -0.2) is 8.42 Å². The van der Waals surface area contributed by atoms with Crippen molar-refractivity contribution in [1.29, 1.82) is 0 Å². The molecule has 27 heavy (non-hydrogen) atoms. The third kappa shape index (κ3) is 6.35. The number of hydrogen-bond acceptors (Lipinski definition) is 6. The van der Waals surface area contributed by atoms with Crippen molar-refractivity contribution in [2.24, 2.45) is 4.99 Å². The second kappa shape index (κ2) is 10.1. The van der Waals surface area contributed by atoms with Gasteiger partial charge in [-0.3, -0.25) is 19.3 Å². The molecule has 2 rings (SSSR count). The molecule has 8 nitrogen and oxygen atoms in total. The van der Waals surface area contributed by atoms with Gasteiger partial charge >= 0.3 is 5.97 Å². The van der Waals surface area contributed by atoms with Crippen LogP contribution in [-0.2, 0) is 24.3 Å². The van der Waals surface area contributed by atoms with E-state index in [9.17, 15) is 18.0 Å². The first-order valence-electron chi connectivity index (χ1n) is 8.94. The number of carbonyl (C=O) groups is 2. The number of unbranched alkanes of at least 4 members (excludes halogenated alkanes) is 3. The van der Waals surface area contributed by atoms with Gasteiger partial charge in [0.15, 0.2) is 0 Å². The number of nitrogens with one attached hydrogen (secondary N) is 2. The quantitative estimate of drug-likeness (QED) is 0.459. The first-order valence-corrected chi connectivity index (χ1v) is 10.4. The summed E-state index contributed by atoms with van der Waals surface area (Å²) in [6.07, 6.45) is 4.09. The van der Waals surface area contributed by atoms with Gasteiger partial charge in [0, 0.05) is 24.9 Å². The number of methoxy groups -OCH3 is 1. The second-order valence-electron chi connectivity index (χ2n) is 6.17. The van der Waals surface area contributed by atoms with Crippen LogP contribution in [0.4, 0.5) is 0 Å². The molecule has 0 atom stereocenters. The van der Waals surface area contributed by atoms with Crippen molar-refractivity contribution in [2.75, 3.05) is 20.2 Å². The molecule has 1 aromatic rings. The van der Waals surface area contributed by atoms with E-state index in [2.05, 4.69) is 19.8 Å². The number of benzene rings is 1. The molecule has 9 heteroatoms. The number of esters is 1. The van der Waals surface area contributed by atoms with Gasteiger partial charge in [0.25, 0.3) is 10.0 Å². The summed E-state index contributed by atoms with van der Waals surface area (Å²) in [7, 11) is -2.17. The number of carbonyl (C=O) groups excluding carboxylic acids is 2. The van der Waals surface area contributed by atoms with Crippen molar-refractivity contribution in [2.45, 2.75) is 43.4 Å². The normalized spacial score (nSPS) is 15.8. The Hall–Kier alpha value is -2.42. The van der Waals surface area contributed by atoms with Crippen LogP contribution >= 0.6 is 0 Å². The maximum absolute atomic E-state index is 12.0. The minimum atomic E-state index is -3.55. The van der Waals surface area contributed by atoms with Crippen molar-refractivity contribution in [3.05, 3.63) is 29.8 Å². The summed E-state index contributed by atoms with van der Waals surface area (Å²) in [5, 5.41) is 2.82. The lowest BCUT2D eigenvalue weighted by atomic mass is 10.1. The van der Waals surface area contributed by atoms with E-state index < -0.39 is 10.0 Å². The monoisotopic (exact) mass is 395 g/mol. The topological polar surface area (TPSA) is 114 Å². The predicted octanol–water partition coefficient (Wildman–Crippen LogP) is 1.35. The molecular weight excluding hydrogens is 370 g/mol. The number of hydrogen-bond donors (Lipinski definition) is 2. The summed E-state index contributed by atoms with van der Waals surface area (Å²) in [5.74, 6) is -0.0378. The van der Waals surface area contributed by atoms with E-state index in [1.165, 1.54) is 13.2 Å². The van der Waals surface area contributed by atoms with E-state index >= 15 is 0 Å². The van der Waals surface area contributed by atoms with Crippen molar-refractivity contribution in [3.63, 3.8) is 0 Å². The molecule has 0 saturated heterocycles. The van der Waals surface area contributed by atoms with Gasteiger partial charge in [-0.1, -0.05) is 25.0 Å². The maximum atomic E-state index is 12.0. The van der Waals surface area contributed by atoms with Gasteiger partial charge in [0.2, 0.25) is 5.91 Å². The summed E-state index contributed by atoms with van der Waals surface area (Å²) in [6.45, 7) is 0.778. The highest BCUT2D eigenvalue weighted by atomic mass is 32.2. The lowest BCUT2D eigenvalue weighted by molar-refractivity contribution is -0.140. The highest BCUT2D eigenvalue weighted by Gasteiger charge is 2.29. The first-order chi connectivity index (χ1) is 12.9. The number of sulfonamides is 1. The van der Waals surface area contributed by atoms with Gasteiger partial charge in [0.1, 0.15) is 5.84 Å². The fourth-order valence-electron chi connectivity index (χ4n) is 2.69. The largest absolute Gasteiger partial charge is 0.469 e. The van der Waals surface area contributed by atoms with Crippen molar-refractivity contribution >= 4 is 27.7 Å². The van der Waals surface area contributed by atoms with Gasteiger partial charge in [-0.2, -0.15) is 0 Å². The Morgan fingerprint density at radius 1 is 1.11 bits per heavy atom. The lowest BCUT2D eigenvalue weighted by Gasteiger charge is -2.04. The van der Waals surface area contributed by atoms with E-state index in [1.807, 2.05) is 0 Å². The third-order valence-corrected chi connectivity index (χ3v) is 5.53. The molecule has 0 bridgehead atoms. The molecule has 2 N–H and O–H groups in total. The molecule has 0 aliphatic carbocycles. The summed E-state index contributed by atoms with van der Waals surface area (Å²) in [6, 6.07) is 6.61. The van der Waals surface area contributed by atoms with E-state index in [4.69, 9.17) is 0 Å². The zero-order valence-electron chi connectivity index (χ0n) is 15.4. The van der Waals surface area contributed by atoms with E-state index in [1.54, 1.807) is 18.2 Å². The van der Waals surface area contributed by atoms with Crippen molar-refractivity contribution in [3.8, 4) is 0 Å². The van der Waals surface area contributed by atoms with Crippen LogP contribution in [0.1, 0.15) is 44.1 Å². The maximum Gasteiger partial charge on any atom is 0.305 e. The van der Waals surface area contributed by atoms with Crippen LogP contribution in [0.3, 0.4) is 0 Å². The van der Waals surface area contributed by atoms with E-state index in [0.29, 0.717) is 18.5 Å². The number of rotatable bonds is 10. The number of fused-ring (bicyclic) bond motifs is 1. The van der Waals surface area contributed by atoms with Crippen LogP contribution in [0.2, 0.25) is 0 Å². The molecule has 0 spiro atoms. The van der Waals surface area contributed by atoms with Crippen LogP contribution in [0, 0.1) is 0 Å². The molecule has 0 saturated carbocycles. The van der Waals surface area contributed by atoms with Crippen LogP contribution in [0.15, 0.2) is 34.2 Å². The minimum absolute atomic E-state index is 0.122. The lowest BCUT2D eigenvalue weighted by Crippen LogP contribution is -2.26. The first kappa shape index (κ1) is 20.9. The molecule has 0 radical (unpaired) electrons. The molecule has 1 heterocycles. The Balaban J connectivity index is 1.64. The number of amidine groups is 1. The molecule has 0 unspecified atom stereocenters.